The van der Waals surface area contributed by atoms with Crippen LogP contribution in [0.3, 0.4) is 0 Å². The van der Waals surface area contributed by atoms with Crippen LogP contribution in [0.5, 0.6) is 0 Å². The van der Waals surface area contributed by atoms with Gasteiger partial charge in [-0.15, -0.1) is 0 Å². The second-order valence-corrected chi connectivity index (χ2v) is 5.81. The molecule has 1 heterocycles. The van der Waals surface area contributed by atoms with Gasteiger partial charge in [0.25, 0.3) is 0 Å². The summed E-state index contributed by atoms with van der Waals surface area (Å²) in [5, 5.41) is 3.52. The normalized spacial score (nSPS) is 19.2. The van der Waals surface area contributed by atoms with Crippen molar-refractivity contribution in [3.8, 4) is 11.1 Å². The SMILES string of the molecule is CC1=C2C=CC=CC2NC(c2ccc(-c3ccccc3)cc2)=N1. The van der Waals surface area contributed by atoms with Crippen LogP contribution in [0.25, 0.3) is 11.1 Å². The molecule has 4 rings (SSSR count). The Kier molecular flexibility index (Phi) is 3.43. The molecule has 1 atom stereocenters. The van der Waals surface area contributed by atoms with E-state index < -0.39 is 0 Å². The number of amidine groups is 1. The minimum absolute atomic E-state index is 0.223. The molecule has 0 aromatic heterocycles. The molecule has 1 unspecified atom stereocenters. The number of nitrogens with zero attached hydrogens (tertiary/aromatic N) is 1. The highest BCUT2D eigenvalue weighted by Crippen LogP contribution is 2.24. The molecule has 0 saturated carbocycles. The summed E-state index contributed by atoms with van der Waals surface area (Å²) in [6.45, 7) is 2.07. The molecule has 0 amide bonds. The zero-order valence-corrected chi connectivity index (χ0v) is 13.0. The molecule has 2 aromatic carbocycles. The van der Waals surface area contributed by atoms with E-state index in [0.29, 0.717) is 0 Å². The van der Waals surface area contributed by atoms with E-state index >= 15 is 0 Å². The number of allylic oxidation sites excluding steroid dienone is 3. The van der Waals surface area contributed by atoms with Crippen molar-refractivity contribution >= 4 is 5.84 Å². The van der Waals surface area contributed by atoms with E-state index in [2.05, 4.69) is 85.1 Å². The molecule has 1 aliphatic heterocycles. The smallest absolute Gasteiger partial charge is 0.134 e. The van der Waals surface area contributed by atoms with Crippen LogP contribution < -0.4 is 5.32 Å². The van der Waals surface area contributed by atoms with E-state index in [1.165, 1.54) is 16.7 Å². The molecule has 0 saturated heterocycles. The van der Waals surface area contributed by atoms with Crippen LogP contribution in [0, 0.1) is 0 Å². The molecule has 0 bridgehead atoms. The third kappa shape index (κ3) is 2.64. The van der Waals surface area contributed by atoms with Gasteiger partial charge in [-0.3, -0.25) is 0 Å². The molecule has 2 nitrogen and oxygen atoms in total. The zero-order chi connectivity index (χ0) is 15.6. The minimum Gasteiger partial charge on any atom is -0.359 e. The number of aliphatic imine (C=N–C) groups is 1. The highest BCUT2D eigenvalue weighted by Gasteiger charge is 2.20. The van der Waals surface area contributed by atoms with Crippen LogP contribution in [0.2, 0.25) is 0 Å². The molecule has 112 valence electrons. The Hall–Kier alpha value is -2.87. The summed E-state index contributed by atoms with van der Waals surface area (Å²) < 4.78 is 0. The van der Waals surface area contributed by atoms with E-state index in [9.17, 15) is 0 Å². The third-order valence-corrected chi connectivity index (χ3v) is 4.28. The average molecular weight is 298 g/mol. The second-order valence-electron chi connectivity index (χ2n) is 5.81. The summed E-state index contributed by atoms with van der Waals surface area (Å²) in [5.74, 6) is 0.941. The van der Waals surface area contributed by atoms with Gasteiger partial charge in [0.15, 0.2) is 0 Å². The van der Waals surface area contributed by atoms with E-state index in [0.717, 1.165) is 17.1 Å². The fourth-order valence-electron chi connectivity index (χ4n) is 3.02. The van der Waals surface area contributed by atoms with Crippen molar-refractivity contribution in [2.75, 3.05) is 0 Å². The molecular weight excluding hydrogens is 280 g/mol. The van der Waals surface area contributed by atoms with Gasteiger partial charge in [0.1, 0.15) is 5.84 Å². The first-order valence-electron chi connectivity index (χ1n) is 7.88. The largest absolute Gasteiger partial charge is 0.359 e. The molecule has 0 radical (unpaired) electrons. The van der Waals surface area contributed by atoms with Crippen molar-refractivity contribution in [1.29, 1.82) is 0 Å². The van der Waals surface area contributed by atoms with Gasteiger partial charge in [-0.2, -0.15) is 0 Å². The van der Waals surface area contributed by atoms with Crippen LogP contribution in [-0.4, -0.2) is 11.9 Å². The fraction of sp³-hybridized carbons (Fsp3) is 0.0952. The Morgan fingerprint density at radius 3 is 2.30 bits per heavy atom. The lowest BCUT2D eigenvalue weighted by molar-refractivity contribution is 0.806. The second kappa shape index (κ2) is 5.73. The van der Waals surface area contributed by atoms with E-state index in [1.807, 2.05) is 6.07 Å². The number of nitrogens with one attached hydrogen (secondary N) is 1. The highest BCUT2D eigenvalue weighted by molar-refractivity contribution is 6.01. The van der Waals surface area contributed by atoms with Crippen molar-refractivity contribution in [1.82, 2.24) is 5.32 Å². The summed E-state index contributed by atoms with van der Waals surface area (Å²) >= 11 is 0. The van der Waals surface area contributed by atoms with Gasteiger partial charge in [-0.25, -0.2) is 4.99 Å². The number of hydrogen-bond acceptors (Lipinski definition) is 2. The minimum atomic E-state index is 0.223. The Labute approximate surface area is 136 Å². The average Bonchev–Trinajstić information content (AvgIpc) is 2.63. The molecule has 1 N–H and O–H groups in total. The summed E-state index contributed by atoms with van der Waals surface area (Å²) in [6.07, 6.45) is 8.44. The van der Waals surface area contributed by atoms with Crippen molar-refractivity contribution < 1.29 is 0 Å². The molecule has 0 spiro atoms. The van der Waals surface area contributed by atoms with Crippen molar-refractivity contribution in [3.63, 3.8) is 0 Å². The number of benzene rings is 2. The predicted octanol–water partition coefficient (Wildman–Crippen LogP) is 4.47. The zero-order valence-electron chi connectivity index (χ0n) is 13.0. The molecule has 2 aromatic rings. The first kappa shape index (κ1) is 13.8. The van der Waals surface area contributed by atoms with Gasteiger partial charge in [0.05, 0.1) is 6.04 Å². The predicted molar refractivity (Wildman–Crippen MR) is 96.3 cm³/mol. The first-order chi connectivity index (χ1) is 11.3. The Morgan fingerprint density at radius 2 is 1.52 bits per heavy atom. The quantitative estimate of drug-likeness (QED) is 0.869. The van der Waals surface area contributed by atoms with Crippen LogP contribution in [-0.2, 0) is 0 Å². The maximum atomic E-state index is 4.74. The van der Waals surface area contributed by atoms with Gasteiger partial charge in [-0.1, -0.05) is 78.9 Å². The van der Waals surface area contributed by atoms with Gasteiger partial charge < -0.3 is 5.32 Å². The van der Waals surface area contributed by atoms with Crippen LogP contribution in [0.4, 0.5) is 0 Å². The highest BCUT2D eigenvalue weighted by atomic mass is 15.0. The molecule has 0 fully saturated rings. The molecule has 2 heteroatoms. The van der Waals surface area contributed by atoms with Crippen LogP contribution in [0.1, 0.15) is 12.5 Å². The van der Waals surface area contributed by atoms with Crippen molar-refractivity contribution in [2.45, 2.75) is 13.0 Å². The standard InChI is InChI=1S/C21H18N2/c1-15-19-9-5-6-10-20(19)23-21(22-15)18-13-11-17(12-14-18)16-7-3-2-4-8-16/h2-14,20H,1H3,(H,22,23). The van der Waals surface area contributed by atoms with Gasteiger partial charge in [-0.05, 0) is 23.6 Å². The maximum absolute atomic E-state index is 4.74. The number of hydrogen-bond donors (Lipinski definition) is 1. The Morgan fingerprint density at radius 1 is 0.826 bits per heavy atom. The summed E-state index contributed by atoms with van der Waals surface area (Å²) in [5.41, 5.74) is 5.90. The topological polar surface area (TPSA) is 24.4 Å². The van der Waals surface area contributed by atoms with E-state index in [-0.39, 0.29) is 6.04 Å². The lowest BCUT2D eigenvalue weighted by atomic mass is 9.97. The van der Waals surface area contributed by atoms with Crippen LogP contribution in [0.15, 0.2) is 95.2 Å². The molecular formula is C21H18N2. The molecule has 2 aliphatic rings. The van der Waals surface area contributed by atoms with Gasteiger partial charge >= 0.3 is 0 Å². The van der Waals surface area contributed by atoms with Crippen molar-refractivity contribution in [3.05, 3.63) is 95.7 Å². The van der Waals surface area contributed by atoms with Crippen molar-refractivity contribution in [2.24, 2.45) is 4.99 Å². The summed E-state index contributed by atoms with van der Waals surface area (Å²) in [4.78, 5) is 4.74. The van der Waals surface area contributed by atoms with E-state index in [4.69, 9.17) is 4.99 Å². The Bertz CT molecular complexity index is 837. The summed E-state index contributed by atoms with van der Waals surface area (Å²) in [7, 11) is 0. The maximum Gasteiger partial charge on any atom is 0.134 e. The number of fused-ring (bicyclic) bond motifs is 1. The van der Waals surface area contributed by atoms with Gasteiger partial charge in [0.2, 0.25) is 0 Å². The number of rotatable bonds is 2. The fourth-order valence-corrected chi connectivity index (χ4v) is 3.02. The first-order valence-corrected chi connectivity index (χ1v) is 7.88. The molecule has 23 heavy (non-hydrogen) atoms. The van der Waals surface area contributed by atoms with E-state index in [1.54, 1.807) is 0 Å². The third-order valence-electron chi connectivity index (χ3n) is 4.28. The Balaban J connectivity index is 1.66. The van der Waals surface area contributed by atoms with Gasteiger partial charge in [0, 0.05) is 11.3 Å². The molecule has 1 aliphatic carbocycles. The lowest BCUT2D eigenvalue weighted by Gasteiger charge is -2.26. The monoisotopic (exact) mass is 298 g/mol. The summed E-state index contributed by atoms with van der Waals surface area (Å²) in [6, 6.07) is 19.2. The van der Waals surface area contributed by atoms with Crippen LogP contribution >= 0.6 is 0 Å². The lowest BCUT2D eigenvalue weighted by Crippen LogP contribution is -2.38.